The molecule has 5 heteroatoms. The summed E-state index contributed by atoms with van der Waals surface area (Å²) in [4.78, 5) is 10.6. The maximum Gasteiger partial charge on any atom is 0.152 e. The maximum atomic E-state index is 10.6. The Balaban J connectivity index is 2.91. The summed E-state index contributed by atoms with van der Waals surface area (Å²) in [5.41, 5.74) is 2.14. The van der Waals surface area contributed by atoms with Crippen LogP contribution in [0.4, 0.5) is 0 Å². The quantitative estimate of drug-likeness (QED) is 0.597. The normalized spacial score (nSPS) is 10.4. The van der Waals surface area contributed by atoms with E-state index >= 15 is 0 Å². The Hall–Kier alpha value is -0.560. The van der Waals surface area contributed by atoms with E-state index in [0.717, 1.165) is 27.1 Å². The van der Waals surface area contributed by atoms with Gasteiger partial charge in [-0.1, -0.05) is 0 Å². The molecule has 0 radical (unpaired) electrons. The van der Waals surface area contributed by atoms with E-state index in [1.807, 2.05) is 6.07 Å². The lowest BCUT2D eigenvalue weighted by atomic mass is 10.2. The van der Waals surface area contributed by atoms with Gasteiger partial charge in [-0.2, -0.15) is 8.75 Å². The highest BCUT2D eigenvalue weighted by molar-refractivity contribution is 14.1. The van der Waals surface area contributed by atoms with E-state index in [2.05, 4.69) is 31.3 Å². The number of benzene rings is 1. The standard InChI is InChI=1S/C7H3IN2OS/c8-5-2-1-4(3-11)6-7(5)10-12-9-6/h1-3H. The van der Waals surface area contributed by atoms with Crippen LogP contribution in [0.25, 0.3) is 11.0 Å². The molecule has 60 valence electrons. The number of rotatable bonds is 1. The molecule has 0 N–H and O–H groups in total. The molecule has 0 fully saturated rings. The minimum absolute atomic E-state index is 0.610. The summed E-state index contributed by atoms with van der Waals surface area (Å²) in [6.07, 6.45) is 0.805. The first-order valence-corrected chi connectivity index (χ1v) is 5.00. The van der Waals surface area contributed by atoms with E-state index in [4.69, 9.17) is 0 Å². The van der Waals surface area contributed by atoms with Crippen LogP contribution in [-0.2, 0) is 0 Å². The second-order valence-electron chi connectivity index (χ2n) is 2.22. The van der Waals surface area contributed by atoms with Crippen LogP contribution in [0.15, 0.2) is 12.1 Å². The number of halogens is 1. The highest BCUT2D eigenvalue weighted by atomic mass is 127. The molecule has 12 heavy (non-hydrogen) atoms. The summed E-state index contributed by atoms with van der Waals surface area (Å²) in [6, 6.07) is 3.63. The smallest absolute Gasteiger partial charge is 0.152 e. The van der Waals surface area contributed by atoms with E-state index in [1.54, 1.807) is 6.07 Å². The van der Waals surface area contributed by atoms with Crippen LogP contribution in [0, 0.1) is 3.57 Å². The van der Waals surface area contributed by atoms with Crippen molar-refractivity contribution in [1.82, 2.24) is 8.75 Å². The van der Waals surface area contributed by atoms with Gasteiger partial charge in [-0.25, -0.2) is 0 Å². The van der Waals surface area contributed by atoms with Gasteiger partial charge >= 0.3 is 0 Å². The van der Waals surface area contributed by atoms with Gasteiger partial charge in [0.25, 0.3) is 0 Å². The van der Waals surface area contributed by atoms with Gasteiger partial charge in [-0.3, -0.25) is 4.79 Å². The summed E-state index contributed by atoms with van der Waals surface area (Å²) < 4.78 is 9.17. The fourth-order valence-electron chi connectivity index (χ4n) is 0.951. The van der Waals surface area contributed by atoms with Crippen molar-refractivity contribution in [3.8, 4) is 0 Å². The van der Waals surface area contributed by atoms with E-state index in [-0.39, 0.29) is 0 Å². The van der Waals surface area contributed by atoms with Crippen LogP contribution in [0.2, 0.25) is 0 Å². The van der Waals surface area contributed by atoms with Crippen molar-refractivity contribution in [1.29, 1.82) is 0 Å². The lowest BCUT2D eigenvalue weighted by Crippen LogP contribution is -1.84. The molecule has 2 aromatic rings. The monoisotopic (exact) mass is 290 g/mol. The third kappa shape index (κ3) is 1.13. The Morgan fingerprint density at radius 3 is 2.83 bits per heavy atom. The van der Waals surface area contributed by atoms with Crippen LogP contribution >= 0.6 is 34.3 Å². The third-order valence-corrected chi connectivity index (χ3v) is 2.92. The fourth-order valence-corrected chi connectivity index (χ4v) is 2.25. The average Bonchev–Trinajstić information content (AvgIpc) is 2.54. The topological polar surface area (TPSA) is 42.9 Å². The van der Waals surface area contributed by atoms with E-state index in [9.17, 15) is 4.79 Å². The number of nitrogens with zero attached hydrogens (tertiary/aromatic N) is 2. The Kier molecular flexibility index (Phi) is 2.05. The van der Waals surface area contributed by atoms with Crippen molar-refractivity contribution >= 4 is 51.6 Å². The number of hydrogen-bond donors (Lipinski definition) is 0. The predicted molar refractivity (Wildman–Crippen MR) is 55.5 cm³/mol. The SMILES string of the molecule is O=Cc1ccc(I)c2nsnc12. The molecule has 0 aliphatic carbocycles. The van der Waals surface area contributed by atoms with Crippen LogP contribution < -0.4 is 0 Å². The van der Waals surface area contributed by atoms with Crippen LogP contribution in [0.3, 0.4) is 0 Å². The maximum absolute atomic E-state index is 10.6. The van der Waals surface area contributed by atoms with Crippen molar-refractivity contribution in [3.63, 3.8) is 0 Å². The zero-order valence-electron chi connectivity index (χ0n) is 5.82. The Bertz CT molecular complexity index is 440. The number of aldehydes is 1. The van der Waals surface area contributed by atoms with Crippen molar-refractivity contribution in [2.45, 2.75) is 0 Å². The molecular weight excluding hydrogens is 287 g/mol. The lowest BCUT2D eigenvalue weighted by Gasteiger charge is -1.92. The van der Waals surface area contributed by atoms with Crippen molar-refractivity contribution in [2.24, 2.45) is 0 Å². The summed E-state index contributed by atoms with van der Waals surface area (Å²) in [5, 5.41) is 0. The van der Waals surface area contributed by atoms with Crippen LogP contribution in [0.5, 0.6) is 0 Å². The summed E-state index contributed by atoms with van der Waals surface area (Å²) in [5.74, 6) is 0. The Morgan fingerprint density at radius 1 is 1.33 bits per heavy atom. The molecular formula is C7H3IN2OS. The minimum atomic E-state index is 0.610. The molecule has 0 saturated heterocycles. The van der Waals surface area contributed by atoms with Crippen LogP contribution in [0.1, 0.15) is 10.4 Å². The van der Waals surface area contributed by atoms with Crippen molar-refractivity contribution < 1.29 is 4.79 Å². The first-order chi connectivity index (χ1) is 5.83. The molecule has 0 aliphatic heterocycles. The van der Waals surface area contributed by atoms with Gasteiger partial charge in [0.1, 0.15) is 11.0 Å². The number of aromatic nitrogens is 2. The number of carbonyl (C=O) groups excluding carboxylic acids is 1. The molecule has 1 aromatic carbocycles. The molecule has 0 saturated carbocycles. The predicted octanol–water partition coefficient (Wildman–Crippen LogP) is 2.11. The second kappa shape index (κ2) is 3.06. The van der Waals surface area contributed by atoms with Gasteiger partial charge in [0.2, 0.25) is 0 Å². The molecule has 0 atom stereocenters. The molecule has 1 aromatic heterocycles. The molecule has 0 bridgehead atoms. The molecule has 3 nitrogen and oxygen atoms in total. The number of fused-ring (bicyclic) bond motifs is 1. The third-order valence-electron chi connectivity index (χ3n) is 1.52. The van der Waals surface area contributed by atoms with Gasteiger partial charge in [-0.15, -0.1) is 0 Å². The van der Waals surface area contributed by atoms with Gasteiger partial charge in [0, 0.05) is 9.13 Å². The summed E-state index contributed by atoms with van der Waals surface area (Å²) >= 11 is 3.31. The van der Waals surface area contributed by atoms with Gasteiger partial charge < -0.3 is 0 Å². The Morgan fingerprint density at radius 2 is 2.08 bits per heavy atom. The molecule has 2 rings (SSSR count). The summed E-state index contributed by atoms with van der Waals surface area (Å²) in [7, 11) is 0. The lowest BCUT2D eigenvalue weighted by molar-refractivity contribution is 0.112. The first-order valence-electron chi connectivity index (χ1n) is 3.19. The van der Waals surface area contributed by atoms with E-state index in [0.29, 0.717) is 11.1 Å². The van der Waals surface area contributed by atoms with Gasteiger partial charge in [0.15, 0.2) is 6.29 Å². The van der Waals surface area contributed by atoms with Gasteiger partial charge in [-0.05, 0) is 34.7 Å². The van der Waals surface area contributed by atoms with Gasteiger partial charge in [0.05, 0.1) is 11.7 Å². The first kappa shape index (κ1) is 8.06. The molecule has 0 spiro atoms. The van der Waals surface area contributed by atoms with E-state index < -0.39 is 0 Å². The molecule has 0 unspecified atom stereocenters. The van der Waals surface area contributed by atoms with E-state index in [1.165, 1.54) is 0 Å². The zero-order valence-corrected chi connectivity index (χ0v) is 8.79. The average molecular weight is 290 g/mol. The highest BCUT2D eigenvalue weighted by Crippen LogP contribution is 2.20. The van der Waals surface area contributed by atoms with Crippen LogP contribution in [-0.4, -0.2) is 15.0 Å². The summed E-state index contributed by atoms with van der Waals surface area (Å²) in [6.45, 7) is 0. The fraction of sp³-hybridized carbons (Fsp3) is 0. The second-order valence-corrected chi connectivity index (χ2v) is 3.91. The minimum Gasteiger partial charge on any atom is -0.298 e. The number of hydrogen-bond acceptors (Lipinski definition) is 4. The zero-order chi connectivity index (χ0) is 8.55. The Labute approximate surface area is 86.3 Å². The highest BCUT2D eigenvalue weighted by Gasteiger charge is 2.06. The largest absolute Gasteiger partial charge is 0.298 e. The molecule has 0 amide bonds. The number of carbonyl (C=O) groups is 1. The van der Waals surface area contributed by atoms with Crippen molar-refractivity contribution in [2.75, 3.05) is 0 Å². The molecule has 1 heterocycles. The van der Waals surface area contributed by atoms with Crippen molar-refractivity contribution in [3.05, 3.63) is 21.3 Å². The molecule has 0 aliphatic rings.